The summed E-state index contributed by atoms with van der Waals surface area (Å²) in [7, 11) is -3.77. The van der Waals surface area contributed by atoms with Crippen LogP contribution < -0.4 is 14.2 Å². The highest BCUT2D eigenvalue weighted by atomic mass is 32.2. The van der Waals surface area contributed by atoms with E-state index < -0.39 is 16.1 Å². The number of ether oxygens (including phenoxy) is 2. The number of amides is 1. The number of anilines is 1. The first-order valence-corrected chi connectivity index (χ1v) is 11.8. The number of carbonyl (C=O) groups is 1. The molecular weight excluding hydrogens is 404 g/mol. The minimum Gasteiger partial charge on any atom is -0.485 e. The number of hydrogen-bond donors (Lipinski definition) is 1. The molecule has 1 amide bonds. The maximum Gasteiger partial charge on any atom is 0.267 e. The van der Waals surface area contributed by atoms with E-state index in [0.29, 0.717) is 17.2 Å². The molecule has 30 heavy (non-hydrogen) atoms. The maximum atomic E-state index is 12.8. The molecule has 0 aliphatic carbocycles. The fourth-order valence-electron chi connectivity index (χ4n) is 3.68. The summed E-state index contributed by atoms with van der Waals surface area (Å²) in [5, 5.41) is 0. The Morgan fingerprint density at radius 2 is 1.80 bits per heavy atom. The van der Waals surface area contributed by atoms with Crippen LogP contribution in [0, 0.1) is 0 Å². The molecule has 4 rings (SSSR count). The molecule has 2 heterocycles. The smallest absolute Gasteiger partial charge is 0.267 e. The Kier molecular flexibility index (Phi) is 5.85. The average molecular weight is 431 g/mol. The molecule has 1 saturated heterocycles. The Bertz CT molecular complexity index is 1010. The Morgan fingerprint density at radius 1 is 1.07 bits per heavy atom. The third kappa shape index (κ3) is 4.38. The lowest BCUT2D eigenvalue weighted by Crippen LogP contribution is -2.48. The maximum absolute atomic E-state index is 12.8. The molecule has 2 aliphatic rings. The Morgan fingerprint density at radius 3 is 2.50 bits per heavy atom. The first-order valence-electron chi connectivity index (χ1n) is 10.3. The third-order valence-corrected chi connectivity index (χ3v) is 6.82. The van der Waals surface area contributed by atoms with Crippen LogP contribution in [-0.2, 0) is 21.2 Å². The molecule has 0 spiro atoms. The minimum absolute atomic E-state index is 0.0672. The molecule has 0 aromatic heterocycles. The lowest BCUT2D eigenvalue weighted by molar-refractivity contribution is -0.142. The van der Waals surface area contributed by atoms with Gasteiger partial charge in [0.25, 0.3) is 15.9 Å². The van der Waals surface area contributed by atoms with Gasteiger partial charge in [0, 0.05) is 24.8 Å². The van der Waals surface area contributed by atoms with Crippen molar-refractivity contribution in [2.75, 3.05) is 24.4 Å². The van der Waals surface area contributed by atoms with E-state index in [1.165, 1.54) is 12.1 Å². The number of carbonyl (C=O) groups excluding carboxylic acids is 1. The van der Waals surface area contributed by atoms with Crippen molar-refractivity contribution in [3.63, 3.8) is 0 Å². The van der Waals surface area contributed by atoms with Crippen LogP contribution in [0.25, 0.3) is 0 Å². The summed E-state index contributed by atoms with van der Waals surface area (Å²) < 4.78 is 39.6. The van der Waals surface area contributed by atoms with E-state index in [0.717, 1.165) is 44.3 Å². The van der Waals surface area contributed by atoms with Crippen LogP contribution in [-0.4, -0.2) is 45.0 Å². The van der Waals surface area contributed by atoms with Gasteiger partial charge >= 0.3 is 0 Å². The molecule has 1 fully saturated rings. The number of nitrogens with one attached hydrogen (secondary N) is 1. The van der Waals surface area contributed by atoms with Crippen LogP contribution in [0.1, 0.15) is 31.7 Å². The Hall–Kier alpha value is -2.74. The summed E-state index contributed by atoms with van der Waals surface area (Å²) in [6.45, 7) is 3.60. The van der Waals surface area contributed by atoms with Crippen molar-refractivity contribution in [2.45, 2.75) is 43.6 Å². The lowest BCUT2D eigenvalue weighted by atomic mass is 10.1. The van der Waals surface area contributed by atoms with Crippen molar-refractivity contribution < 1.29 is 22.7 Å². The van der Waals surface area contributed by atoms with E-state index >= 15 is 0 Å². The van der Waals surface area contributed by atoms with E-state index in [4.69, 9.17) is 9.47 Å². The Labute approximate surface area is 177 Å². The second kappa shape index (κ2) is 8.55. The van der Waals surface area contributed by atoms with E-state index in [1.54, 1.807) is 18.2 Å². The SMILES string of the molecule is CCc1ccc(NS(=O)(=O)c2ccc3c(c2)OCC(C(=O)N2CCCCC2)O3)cc1. The first kappa shape index (κ1) is 20.5. The van der Waals surface area contributed by atoms with Crippen molar-refractivity contribution >= 4 is 21.6 Å². The summed E-state index contributed by atoms with van der Waals surface area (Å²) in [6.07, 6.45) is 3.34. The summed E-state index contributed by atoms with van der Waals surface area (Å²) in [4.78, 5) is 14.5. The summed E-state index contributed by atoms with van der Waals surface area (Å²) in [5.41, 5.74) is 1.63. The fourth-order valence-corrected chi connectivity index (χ4v) is 4.75. The molecule has 1 atom stereocenters. The van der Waals surface area contributed by atoms with Crippen molar-refractivity contribution in [2.24, 2.45) is 0 Å². The molecule has 7 nitrogen and oxygen atoms in total. The number of aryl methyl sites for hydroxylation is 1. The molecular formula is C22H26N2O5S. The number of likely N-dealkylation sites (tertiary alicyclic amines) is 1. The first-order chi connectivity index (χ1) is 14.5. The van der Waals surface area contributed by atoms with Gasteiger partial charge in [-0.05, 0) is 55.5 Å². The van der Waals surface area contributed by atoms with Gasteiger partial charge in [-0.3, -0.25) is 9.52 Å². The van der Waals surface area contributed by atoms with Gasteiger partial charge < -0.3 is 14.4 Å². The number of piperidine rings is 1. The zero-order chi connectivity index (χ0) is 21.1. The number of fused-ring (bicyclic) bond motifs is 1. The van der Waals surface area contributed by atoms with Gasteiger partial charge in [-0.25, -0.2) is 8.42 Å². The highest BCUT2D eigenvalue weighted by molar-refractivity contribution is 7.92. The summed E-state index contributed by atoms with van der Waals surface area (Å²) in [5.74, 6) is 0.624. The predicted octanol–water partition coefficient (Wildman–Crippen LogP) is 3.20. The van der Waals surface area contributed by atoms with Gasteiger partial charge in [-0.2, -0.15) is 0 Å². The van der Waals surface area contributed by atoms with Crippen LogP contribution >= 0.6 is 0 Å². The van der Waals surface area contributed by atoms with Crippen LogP contribution in [0.5, 0.6) is 11.5 Å². The molecule has 1 unspecified atom stereocenters. The zero-order valence-electron chi connectivity index (χ0n) is 17.0. The third-order valence-electron chi connectivity index (χ3n) is 5.44. The van der Waals surface area contributed by atoms with Crippen LogP contribution in [0.3, 0.4) is 0 Å². The lowest BCUT2D eigenvalue weighted by Gasteiger charge is -2.32. The van der Waals surface area contributed by atoms with Crippen LogP contribution in [0.15, 0.2) is 47.4 Å². The molecule has 1 N–H and O–H groups in total. The van der Waals surface area contributed by atoms with Crippen LogP contribution in [0.2, 0.25) is 0 Å². The molecule has 2 aromatic rings. The van der Waals surface area contributed by atoms with Gasteiger partial charge in [0.15, 0.2) is 11.5 Å². The zero-order valence-corrected chi connectivity index (χ0v) is 17.8. The van der Waals surface area contributed by atoms with Gasteiger partial charge in [-0.15, -0.1) is 0 Å². The molecule has 0 saturated carbocycles. The van der Waals surface area contributed by atoms with E-state index in [9.17, 15) is 13.2 Å². The monoisotopic (exact) mass is 430 g/mol. The normalized spacial score (nSPS) is 18.7. The van der Waals surface area contributed by atoms with E-state index in [-0.39, 0.29) is 17.4 Å². The predicted molar refractivity (Wildman–Crippen MR) is 113 cm³/mol. The largest absolute Gasteiger partial charge is 0.485 e. The van der Waals surface area contributed by atoms with Crippen molar-refractivity contribution in [3.05, 3.63) is 48.0 Å². The topological polar surface area (TPSA) is 84.9 Å². The molecule has 160 valence electrons. The van der Waals surface area contributed by atoms with E-state index in [1.807, 2.05) is 24.0 Å². The molecule has 0 bridgehead atoms. The summed E-state index contributed by atoms with van der Waals surface area (Å²) >= 11 is 0. The van der Waals surface area contributed by atoms with Gasteiger partial charge in [-0.1, -0.05) is 19.1 Å². The van der Waals surface area contributed by atoms with Crippen molar-refractivity contribution in [3.8, 4) is 11.5 Å². The molecule has 0 radical (unpaired) electrons. The molecule has 2 aliphatic heterocycles. The number of rotatable bonds is 5. The van der Waals surface area contributed by atoms with Gasteiger partial charge in [0.2, 0.25) is 6.10 Å². The van der Waals surface area contributed by atoms with Crippen LogP contribution in [0.4, 0.5) is 5.69 Å². The quantitative estimate of drug-likeness (QED) is 0.787. The second-order valence-electron chi connectivity index (χ2n) is 7.57. The number of nitrogens with zero attached hydrogens (tertiary/aromatic N) is 1. The summed E-state index contributed by atoms with van der Waals surface area (Å²) in [6, 6.07) is 11.7. The van der Waals surface area contributed by atoms with E-state index in [2.05, 4.69) is 4.72 Å². The Balaban J connectivity index is 1.47. The van der Waals surface area contributed by atoms with Crippen molar-refractivity contribution in [1.29, 1.82) is 0 Å². The second-order valence-corrected chi connectivity index (χ2v) is 9.25. The van der Waals surface area contributed by atoms with Gasteiger partial charge in [0.1, 0.15) is 6.61 Å². The number of hydrogen-bond acceptors (Lipinski definition) is 5. The molecule has 8 heteroatoms. The minimum atomic E-state index is -3.77. The average Bonchev–Trinajstić information content (AvgIpc) is 2.78. The molecule has 2 aromatic carbocycles. The number of sulfonamides is 1. The van der Waals surface area contributed by atoms with Crippen molar-refractivity contribution in [1.82, 2.24) is 4.90 Å². The standard InChI is InChI=1S/C22H26N2O5S/c1-2-16-6-8-17(9-7-16)23-30(26,27)18-10-11-19-20(14-18)28-15-21(29-19)22(25)24-12-4-3-5-13-24/h6-11,14,21,23H,2-5,12-13,15H2,1H3. The number of benzene rings is 2. The fraction of sp³-hybridized carbons (Fsp3) is 0.409. The highest BCUT2D eigenvalue weighted by Crippen LogP contribution is 2.35. The van der Waals surface area contributed by atoms with Gasteiger partial charge in [0.05, 0.1) is 4.90 Å². The highest BCUT2D eigenvalue weighted by Gasteiger charge is 2.32.